The molecule has 1 spiro atoms. The van der Waals surface area contributed by atoms with Gasteiger partial charge in [-0.1, -0.05) is 103 Å². The fourth-order valence-electron chi connectivity index (χ4n) is 12.8. The number of esters is 1. The number of hydrogen-bond donors (Lipinski definition) is 5. The van der Waals surface area contributed by atoms with Crippen molar-refractivity contribution in [2.45, 2.75) is 96.1 Å². The molecule has 0 unspecified atom stereocenters. The van der Waals surface area contributed by atoms with E-state index in [-0.39, 0.29) is 83.1 Å². The van der Waals surface area contributed by atoms with Crippen LogP contribution in [0.4, 0.5) is 5.69 Å². The third-order valence-corrected chi connectivity index (χ3v) is 16.8. The van der Waals surface area contributed by atoms with Crippen LogP contribution in [0.15, 0.2) is 175 Å². The number of phenols is 3. The molecule has 2 aliphatic carbocycles. The van der Waals surface area contributed by atoms with Crippen LogP contribution in [0, 0.1) is 23.2 Å². The molecule has 2 aromatic heterocycles. The Morgan fingerprint density at radius 1 is 0.878 bits per heavy atom. The first-order valence-corrected chi connectivity index (χ1v) is 28.2. The second kappa shape index (κ2) is 23.5. The topological polar surface area (TPSA) is 176 Å². The number of benzene rings is 5. The van der Waals surface area contributed by atoms with Crippen LogP contribution in [-0.2, 0) is 32.0 Å². The van der Waals surface area contributed by atoms with Gasteiger partial charge in [0.05, 0.1) is 24.8 Å². The van der Waals surface area contributed by atoms with E-state index in [4.69, 9.17) is 14.2 Å². The Morgan fingerprint density at radius 2 is 1.72 bits per heavy atom. The van der Waals surface area contributed by atoms with Crippen LogP contribution < -0.4 is 19.7 Å². The number of ether oxygens (including phenoxy) is 3. The summed E-state index contributed by atoms with van der Waals surface area (Å²) in [5, 5.41) is 39.4. The van der Waals surface area contributed by atoms with Crippen LogP contribution in [0.3, 0.4) is 0 Å². The average Bonchev–Trinajstić information content (AvgIpc) is 4.25. The summed E-state index contributed by atoms with van der Waals surface area (Å²) in [6.45, 7) is 6.02. The van der Waals surface area contributed by atoms with Crippen molar-refractivity contribution in [1.82, 2.24) is 14.9 Å². The number of carbonyl (C=O) groups excluding carboxylic acids is 3. The predicted molar refractivity (Wildman–Crippen MR) is 317 cm³/mol. The largest absolute Gasteiger partial charge is 0.508 e. The molecule has 0 saturated heterocycles. The van der Waals surface area contributed by atoms with Gasteiger partial charge in [-0.15, -0.1) is 0 Å². The van der Waals surface area contributed by atoms with Gasteiger partial charge >= 0.3 is 5.97 Å². The number of aromatic nitrogens is 2. The molecule has 0 radical (unpaired) electrons. The standard InChI is InChI=1S/C69H68N4O9/c1-43-12-8-17-53-18-11-20-59-60-40-70-39-52(60)38-69(43,53)25-22-57(81-45(3)75)35-56(78)37-63(51-32-64(79)68(65(33-51)80-4)82-58-30-47(29-55(77)36-58)28-46-13-6-5-7-14-46)72-41-50-16-10-21-62(61(50)42-72)73(27-24-44(2)74)66-34-49(23-26-71-66)67(59)48-15-9-19-54(76)31-48/h5-10,12-17,19,21,23,29-34,36,39-43,57,59,63,67,70-71,76-77,79H,18,22,24-28,35,37-38H2,1-4H3/t43-,57+,59-,63-,67+,69+/m0/s1. The molecule has 13 nitrogen and oxygen atoms in total. The van der Waals surface area contributed by atoms with Crippen molar-refractivity contribution in [1.29, 1.82) is 0 Å². The molecule has 11 rings (SSSR count). The molecule has 0 amide bonds. The summed E-state index contributed by atoms with van der Waals surface area (Å²) in [7, 11) is 1.48. The molecule has 82 heavy (non-hydrogen) atoms. The van der Waals surface area contributed by atoms with E-state index >= 15 is 4.79 Å². The summed E-state index contributed by atoms with van der Waals surface area (Å²) in [4.78, 5) is 46.8. The number of allylic oxidation sites excluding steroid dienone is 6. The number of rotatable bonds is 11. The Hall–Kier alpha value is -9.15. The summed E-state index contributed by atoms with van der Waals surface area (Å²) in [5.41, 5.74) is 7.98. The smallest absolute Gasteiger partial charge is 0.302 e. The van der Waals surface area contributed by atoms with E-state index < -0.39 is 23.5 Å². The Morgan fingerprint density at radius 3 is 2.52 bits per heavy atom. The maximum atomic E-state index is 15.1. The third kappa shape index (κ3) is 11.6. The van der Waals surface area contributed by atoms with Gasteiger partial charge < -0.3 is 49.3 Å². The Kier molecular flexibility index (Phi) is 15.7. The number of dihydropyridines is 1. The number of hydrogen-bond acceptors (Lipinski definition) is 11. The van der Waals surface area contributed by atoms with E-state index in [2.05, 4.69) is 82.8 Å². The lowest BCUT2D eigenvalue weighted by Crippen LogP contribution is -2.36. The minimum Gasteiger partial charge on any atom is -0.508 e. The van der Waals surface area contributed by atoms with Crippen molar-refractivity contribution in [2.75, 3.05) is 25.1 Å². The molecule has 13 heteroatoms. The number of aromatic amines is 1. The second-order valence-electron chi connectivity index (χ2n) is 22.3. The summed E-state index contributed by atoms with van der Waals surface area (Å²) in [6.07, 6.45) is 21.0. The Balaban J connectivity index is 1.06. The van der Waals surface area contributed by atoms with Crippen molar-refractivity contribution in [3.8, 4) is 46.3 Å². The zero-order valence-electron chi connectivity index (χ0n) is 46.7. The van der Waals surface area contributed by atoms with Gasteiger partial charge in [0.15, 0.2) is 11.5 Å². The van der Waals surface area contributed by atoms with E-state index in [1.165, 1.54) is 25.7 Å². The van der Waals surface area contributed by atoms with E-state index in [0.29, 0.717) is 50.8 Å². The number of anilines is 1. The molecule has 6 bridgehead atoms. The van der Waals surface area contributed by atoms with Crippen molar-refractivity contribution in [2.24, 2.45) is 11.3 Å². The molecule has 2 aliphatic heterocycles. The molecule has 0 fully saturated rings. The first-order valence-electron chi connectivity index (χ1n) is 28.2. The van der Waals surface area contributed by atoms with Gasteiger partial charge in [0.25, 0.3) is 0 Å². The highest BCUT2D eigenvalue weighted by molar-refractivity contribution is 5.95. The lowest BCUT2D eigenvalue weighted by molar-refractivity contribution is -0.148. The van der Waals surface area contributed by atoms with Crippen molar-refractivity contribution in [3.63, 3.8) is 0 Å². The number of ketones is 2. The van der Waals surface area contributed by atoms with Crippen LogP contribution in [0.5, 0.6) is 34.5 Å². The fourth-order valence-corrected chi connectivity index (χ4v) is 12.8. The summed E-state index contributed by atoms with van der Waals surface area (Å²) in [5.74, 6) is 7.39. The van der Waals surface area contributed by atoms with Crippen LogP contribution in [-0.4, -0.2) is 68.7 Å². The Bertz CT molecular complexity index is 3780. The highest BCUT2D eigenvalue weighted by Crippen LogP contribution is 2.52. The predicted octanol–water partition coefficient (Wildman–Crippen LogP) is 12.9. The second-order valence-corrected chi connectivity index (χ2v) is 22.3. The quantitative estimate of drug-likeness (QED) is 0.0616. The summed E-state index contributed by atoms with van der Waals surface area (Å²) in [6, 6.07) is 30.9. The van der Waals surface area contributed by atoms with Crippen LogP contribution in [0.1, 0.15) is 111 Å². The zero-order chi connectivity index (χ0) is 57.1. The molecule has 5 N–H and O–H groups in total. The average molecular weight is 1100 g/mol. The molecule has 0 saturated carbocycles. The molecular formula is C69H68N4O9. The van der Waals surface area contributed by atoms with Crippen LogP contribution in [0.25, 0.3) is 10.8 Å². The molecule has 418 valence electrons. The van der Waals surface area contributed by atoms with Crippen LogP contribution in [0.2, 0.25) is 0 Å². The first-order chi connectivity index (χ1) is 39.7. The zero-order valence-corrected chi connectivity index (χ0v) is 46.7. The van der Waals surface area contributed by atoms with Crippen molar-refractivity contribution >= 4 is 34.0 Å². The number of fused-ring (bicyclic) bond motifs is 2. The molecule has 4 aliphatic rings. The third-order valence-electron chi connectivity index (χ3n) is 16.8. The number of nitrogens with one attached hydrogen (secondary N) is 2. The van der Waals surface area contributed by atoms with Gasteiger partial charge in [0, 0.05) is 98.7 Å². The summed E-state index contributed by atoms with van der Waals surface area (Å²) < 4.78 is 20.4. The van der Waals surface area contributed by atoms with Gasteiger partial charge in [0.1, 0.15) is 40.7 Å². The molecule has 7 aromatic rings. The van der Waals surface area contributed by atoms with Gasteiger partial charge in [-0.3, -0.25) is 14.4 Å². The SMILES string of the molecule is COc1cc([C@@H]2CC(=O)C[C@H](OC(C)=O)CC[C@]34Cc5c[nH]cc5[C@H](C#CCC3=CC=C[C@@H]4C)[C@H](c3cccc(O)c3)C3=CCNC(=C3)N(CCC(C)=O)c3cccc4cn2cc34)cc(O)c1Oc1cc(O)cc(Cc2ccccc2)c1. The van der Waals surface area contributed by atoms with E-state index in [0.717, 1.165) is 55.7 Å². The van der Waals surface area contributed by atoms with Crippen molar-refractivity contribution in [3.05, 3.63) is 209 Å². The minimum atomic E-state index is -0.759. The van der Waals surface area contributed by atoms with E-state index in [9.17, 15) is 24.9 Å². The number of Topliss-reactive ketones (excluding diaryl/α,β-unsaturated/α-hetero) is 2. The van der Waals surface area contributed by atoms with Gasteiger partial charge in [-0.25, -0.2) is 0 Å². The molecule has 4 heterocycles. The van der Waals surface area contributed by atoms with Gasteiger partial charge in [-0.05, 0) is 126 Å². The maximum Gasteiger partial charge on any atom is 0.302 e. The molecule has 5 aromatic carbocycles. The van der Waals surface area contributed by atoms with Crippen LogP contribution >= 0.6 is 0 Å². The normalized spacial score (nSPS) is 21.7. The molecule has 6 atom stereocenters. The lowest BCUT2D eigenvalue weighted by atomic mass is 9.61. The highest BCUT2D eigenvalue weighted by Gasteiger charge is 2.43. The Labute approximate surface area is 478 Å². The van der Waals surface area contributed by atoms with Gasteiger partial charge in [0.2, 0.25) is 5.75 Å². The van der Waals surface area contributed by atoms with Gasteiger partial charge in [-0.2, -0.15) is 0 Å². The fraction of sp³-hybridized carbons (Fsp3) is 0.290. The number of aromatic hydroxyl groups is 3. The maximum absolute atomic E-state index is 15.1. The summed E-state index contributed by atoms with van der Waals surface area (Å²) >= 11 is 0. The number of methoxy groups -OCH3 is 1. The van der Waals surface area contributed by atoms with E-state index in [1.54, 1.807) is 31.2 Å². The van der Waals surface area contributed by atoms with Crippen molar-refractivity contribution < 1.29 is 43.9 Å². The minimum absolute atomic E-state index is 0.00386. The molecular weight excluding hydrogens is 1030 g/mol. The van der Waals surface area contributed by atoms with E-state index in [1.807, 2.05) is 83.7 Å². The monoisotopic (exact) mass is 1100 g/mol. The number of carbonyl (C=O) groups is 3. The number of H-pyrrole nitrogens is 1. The lowest BCUT2D eigenvalue weighted by Gasteiger charge is -2.43. The number of nitrogens with zero attached hydrogens (tertiary/aromatic N) is 2. The highest BCUT2D eigenvalue weighted by atomic mass is 16.5. The first kappa shape index (κ1) is 54.8. The number of phenolic OH excluding ortho intramolecular Hbond substituents is 3.